The minimum absolute atomic E-state index is 0.319. The molecule has 0 aliphatic heterocycles. The number of aliphatic imine (C=N–C) groups is 1. The van der Waals surface area contributed by atoms with Crippen molar-refractivity contribution in [2.24, 2.45) is 4.99 Å². The van der Waals surface area contributed by atoms with Crippen LogP contribution in [0.4, 0.5) is 4.39 Å². The molecule has 6 heteroatoms. The summed E-state index contributed by atoms with van der Waals surface area (Å²) in [6.45, 7) is 4.67. The Hall–Kier alpha value is -1.33. The summed E-state index contributed by atoms with van der Waals surface area (Å²) in [6.07, 6.45) is 0.700. The summed E-state index contributed by atoms with van der Waals surface area (Å²) in [5.41, 5.74) is 0.908. The Kier molecular flexibility index (Phi) is 7.99. The van der Waals surface area contributed by atoms with Crippen molar-refractivity contribution < 1.29 is 9.13 Å². The third-order valence-electron chi connectivity index (χ3n) is 2.67. The normalized spacial score (nSPS) is 11.5. The number of halogens is 2. The zero-order chi connectivity index (χ0) is 14.8. The number of nitrogens with zero attached hydrogens (tertiary/aromatic N) is 1. The Labute approximate surface area is 124 Å². The first-order valence-corrected chi connectivity index (χ1v) is 7.01. The monoisotopic (exact) mass is 301 g/mol. The van der Waals surface area contributed by atoms with Crippen LogP contribution in [0.5, 0.6) is 0 Å². The highest BCUT2D eigenvalue weighted by Gasteiger charge is 2.02. The van der Waals surface area contributed by atoms with E-state index in [-0.39, 0.29) is 5.82 Å². The molecular weight excluding hydrogens is 281 g/mol. The van der Waals surface area contributed by atoms with Gasteiger partial charge < -0.3 is 15.4 Å². The van der Waals surface area contributed by atoms with Gasteiger partial charge in [-0.05, 0) is 31.0 Å². The average molecular weight is 302 g/mol. The van der Waals surface area contributed by atoms with E-state index < -0.39 is 0 Å². The lowest BCUT2D eigenvalue weighted by Crippen LogP contribution is -2.39. The molecule has 0 radical (unpaired) electrons. The molecule has 0 fully saturated rings. The fourth-order valence-electron chi connectivity index (χ4n) is 1.65. The molecule has 0 saturated heterocycles. The predicted octanol–water partition coefficient (Wildman–Crippen LogP) is 2.22. The van der Waals surface area contributed by atoms with E-state index in [0.717, 1.165) is 5.56 Å². The van der Waals surface area contributed by atoms with Crippen molar-refractivity contribution in [2.45, 2.75) is 13.3 Å². The largest absolute Gasteiger partial charge is 0.380 e. The minimum Gasteiger partial charge on any atom is -0.380 e. The fourth-order valence-corrected chi connectivity index (χ4v) is 1.91. The molecule has 0 aromatic heterocycles. The Bertz CT molecular complexity index is 440. The van der Waals surface area contributed by atoms with Crippen molar-refractivity contribution in [3.8, 4) is 0 Å². The van der Waals surface area contributed by atoms with Crippen LogP contribution in [0.3, 0.4) is 0 Å². The number of nitrogens with one attached hydrogen (secondary N) is 2. The first-order valence-electron chi connectivity index (χ1n) is 6.63. The zero-order valence-corrected chi connectivity index (χ0v) is 12.6. The molecule has 112 valence electrons. The second-order valence-electron chi connectivity index (χ2n) is 4.11. The summed E-state index contributed by atoms with van der Waals surface area (Å²) in [6, 6.07) is 4.44. The van der Waals surface area contributed by atoms with Gasteiger partial charge in [-0.25, -0.2) is 4.39 Å². The van der Waals surface area contributed by atoms with Gasteiger partial charge in [0.05, 0.1) is 6.61 Å². The molecule has 0 atom stereocenters. The Morgan fingerprint density at radius 3 is 2.75 bits per heavy atom. The Morgan fingerprint density at radius 1 is 1.35 bits per heavy atom. The van der Waals surface area contributed by atoms with Gasteiger partial charge in [0.1, 0.15) is 5.82 Å². The zero-order valence-electron chi connectivity index (χ0n) is 11.9. The number of hydrogen-bond donors (Lipinski definition) is 2. The van der Waals surface area contributed by atoms with Crippen LogP contribution in [0.15, 0.2) is 23.2 Å². The highest BCUT2D eigenvalue weighted by atomic mass is 35.5. The third-order valence-corrected chi connectivity index (χ3v) is 3.02. The molecule has 2 N–H and O–H groups in total. The molecule has 0 bridgehead atoms. The van der Waals surface area contributed by atoms with Crippen LogP contribution in [0.1, 0.15) is 12.5 Å². The highest BCUT2D eigenvalue weighted by molar-refractivity contribution is 6.31. The number of rotatable bonds is 7. The van der Waals surface area contributed by atoms with Gasteiger partial charge in [-0.15, -0.1) is 0 Å². The molecule has 20 heavy (non-hydrogen) atoms. The van der Waals surface area contributed by atoms with E-state index in [1.807, 2.05) is 6.92 Å². The van der Waals surface area contributed by atoms with Crippen LogP contribution in [0.2, 0.25) is 5.02 Å². The Balaban J connectivity index is 2.31. The van der Waals surface area contributed by atoms with Crippen LogP contribution in [0.25, 0.3) is 0 Å². The number of hydrogen-bond acceptors (Lipinski definition) is 2. The number of ether oxygens (including phenoxy) is 1. The van der Waals surface area contributed by atoms with Crippen LogP contribution in [-0.2, 0) is 11.2 Å². The SMILES string of the molecule is CCOCCNC(=NC)NCCc1ccc(F)cc1Cl. The van der Waals surface area contributed by atoms with Crippen molar-refractivity contribution in [1.82, 2.24) is 10.6 Å². The molecule has 0 spiro atoms. The van der Waals surface area contributed by atoms with Gasteiger partial charge in [-0.3, -0.25) is 4.99 Å². The molecule has 1 aromatic rings. The standard InChI is InChI=1S/C14H21ClFN3O/c1-3-20-9-8-19-14(17-2)18-7-6-11-4-5-12(16)10-13(11)15/h4-5,10H,3,6-9H2,1-2H3,(H2,17,18,19). The summed E-state index contributed by atoms with van der Waals surface area (Å²) in [4.78, 5) is 4.10. The third kappa shape index (κ3) is 6.21. The lowest BCUT2D eigenvalue weighted by Gasteiger charge is -2.12. The molecule has 0 amide bonds. The first kappa shape index (κ1) is 16.7. The quantitative estimate of drug-likeness (QED) is 0.461. The molecular formula is C14H21ClFN3O. The molecule has 0 saturated carbocycles. The molecule has 1 rings (SSSR count). The summed E-state index contributed by atoms with van der Waals surface area (Å²) >= 11 is 5.97. The Morgan fingerprint density at radius 2 is 2.10 bits per heavy atom. The van der Waals surface area contributed by atoms with Gasteiger partial charge in [0.15, 0.2) is 5.96 Å². The minimum atomic E-state index is -0.319. The van der Waals surface area contributed by atoms with Crippen LogP contribution in [0, 0.1) is 5.82 Å². The van der Waals surface area contributed by atoms with Crippen LogP contribution >= 0.6 is 11.6 Å². The second kappa shape index (κ2) is 9.55. The van der Waals surface area contributed by atoms with E-state index in [4.69, 9.17) is 16.3 Å². The smallest absolute Gasteiger partial charge is 0.191 e. The maximum Gasteiger partial charge on any atom is 0.191 e. The summed E-state index contributed by atoms with van der Waals surface area (Å²) < 4.78 is 18.1. The molecule has 4 nitrogen and oxygen atoms in total. The van der Waals surface area contributed by atoms with E-state index in [1.54, 1.807) is 13.1 Å². The van der Waals surface area contributed by atoms with E-state index in [2.05, 4.69) is 15.6 Å². The van der Waals surface area contributed by atoms with Crippen molar-refractivity contribution in [3.05, 3.63) is 34.6 Å². The summed E-state index contributed by atoms with van der Waals surface area (Å²) in [7, 11) is 1.71. The molecule has 0 aliphatic carbocycles. The fraction of sp³-hybridized carbons (Fsp3) is 0.500. The number of guanidine groups is 1. The number of benzene rings is 1. The molecule has 0 heterocycles. The second-order valence-corrected chi connectivity index (χ2v) is 4.52. The maximum absolute atomic E-state index is 12.9. The van der Waals surface area contributed by atoms with Gasteiger partial charge in [-0.1, -0.05) is 17.7 Å². The summed E-state index contributed by atoms with van der Waals surface area (Å²) in [5.74, 6) is 0.392. The van der Waals surface area contributed by atoms with Gasteiger partial charge in [0.25, 0.3) is 0 Å². The van der Waals surface area contributed by atoms with Crippen molar-refractivity contribution in [2.75, 3.05) is 33.4 Å². The predicted molar refractivity (Wildman–Crippen MR) is 81.0 cm³/mol. The lowest BCUT2D eigenvalue weighted by molar-refractivity contribution is 0.152. The van der Waals surface area contributed by atoms with Gasteiger partial charge in [0.2, 0.25) is 0 Å². The average Bonchev–Trinajstić information content (AvgIpc) is 2.43. The van der Waals surface area contributed by atoms with Crippen LogP contribution in [-0.4, -0.2) is 39.3 Å². The van der Waals surface area contributed by atoms with Crippen molar-refractivity contribution in [1.29, 1.82) is 0 Å². The lowest BCUT2D eigenvalue weighted by atomic mass is 10.1. The van der Waals surface area contributed by atoms with E-state index in [9.17, 15) is 4.39 Å². The van der Waals surface area contributed by atoms with Crippen molar-refractivity contribution >= 4 is 17.6 Å². The van der Waals surface area contributed by atoms with E-state index in [1.165, 1.54) is 12.1 Å². The molecule has 1 aromatic carbocycles. The van der Waals surface area contributed by atoms with Gasteiger partial charge in [0, 0.05) is 31.8 Å². The highest BCUT2D eigenvalue weighted by Crippen LogP contribution is 2.17. The summed E-state index contributed by atoms with van der Waals surface area (Å²) in [5, 5.41) is 6.75. The van der Waals surface area contributed by atoms with Crippen molar-refractivity contribution in [3.63, 3.8) is 0 Å². The molecule has 0 unspecified atom stereocenters. The van der Waals surface area contributed by atoms with Crippen LogP contribution < -0.4 is 10.6 Å². The first-order chi connectivity index (χ1) is 9.67. The maximum atomic E-state index is 12.9. The topological polar surface area (TPSA) is 45.6 Å². The van der Waals surface area contributed by atoms with E-state index >= 15 is 0 Å². The van der Waals surface area contributed by atoms with Gasteiger partial charge >= 0.3 is 0 Å². The van der Waals surface area contributed by atoms with E-state index in [0.29, 0.717) is 43.7 Å². The van der Waals surface area contributed by atoms with Gasteiger partial charge in [-0.2, -0.15) is 0 Å². The molecule has 0 aliphatic rings.